The summed E-state index contributed by atoms with van der Waals surface area (Å²) in [5, 5.41) is 6.56. The van der Waals surface area contributed by atoms with E-state index < -0.39 is 10.0 Å². The number of halogens is 1. The number of carbonyl (C=O) groups excluding carboxylic acids is 1. The first-order valence-corrected chi connectivity index (χ1v) is 12.1. The van der Waals surface area contributed by atoms with Crippen LogP contribution >= 0.6 is 11.6 Å². The Kier molecular flexibility index (Phi) is 7.88. The maximum absolute atomic E-state index is 13.0. The van der Waals surface area contributed by atoms with Gasteiger partial charge in [-0.05, 0) is 49.6 Å². The maximum Gasteiger partial charge on any atom is 0.243 e. The molecule has 1 atom stereocenters. The third kappa shape index (κ3) is 5.82. The van der Waals surface area contributed by atoms with E-state index in [-0.39, 0.29) is 23.4 Å². The smallest absolute Gasteiger partial charge is 0.243 e. The Labute approximate surface area is 183 Å². The van der Waals surface area contributed by atoms with Gasteiger partial charge in [-0.1, -0.05) is 48.7 Å². The van der Waals surface area contributed by atoms with Gasteiger partial charge in [0.05, 0.1) is 11.4 Å². The summed E-state index contributed by atoms with van der Waals surface area (Å²) in [6.07, 6.45) is 3.87. The Morgan fingerprint density at radius 3 is 2.47 bits per heavy atom. The lowest BCUT2D eigenvalue weighted by atomic mass is 10.1. The Hall–Kier alpha value is -1.93. The number of benzene rings is 2. The molecule has 2 N–H and O–H groups in total. The third-order valence-corrected chi connectivity index (χ3v) is 7.50. The monoisotopic (exact) mass is 449 g/mol. The highest BCUT2D eigenvalue weighted by Crippen LogP contribution is 2.23. The second-order valence-corrected chi connectivity index (χ2v) is 9.86. The van der Waals surface area contributed by atoms with E-state index in [9.17, 15) is 13.2 Å². The second kappa shape index (κ2) is 10.4. The minimum atomic E-state index is -3.56. The normalized spacial score (nSPS) is 16.6. The molecule has 1 heterocycles. The van der Waals surface area contributed by atoms with Gasteiger partial charge in [0.15, 0.2) is 0 Å². The standard InChI is InChI=1S/C22H28ClN3O3S/c1-17(20-11-4-5-12-21(20)23)24-16-22(27)25-18-9-8-10-19(15-18)30(28,29)26-13-6-2-3-7-14-26/h4-5,8-12,15,17,24H,2-3,6-7,13-14,16H2,1H3,(H,25,27)/t17-/m1/s1. The summed E-state index contributed by atoms with van der Waals surface area (Å²) in [6.45, 7) is 3.10. The second-order valence-electron chi connectivity index (χ2n) is 7.52. The molecule has 2 aromatic carbocycles. The van der Waals surface area contributed by atoms with Crippen LogP contribution in [0.5, 0.6) is 0 Å². The van der Waals surface area contributed by atoms with E-state index in [2.05, 4.69) is 10.6 Å². The molecule has 8 heteroatoms. The molecule has 162 valence electrons. The minimum Gasteiger partial charge on any atom is -0.325 e. The zero-order chi connectivity index (χ0) is 21.6. The van der Waals surface area contributed by atoms with Crippen LogP contribution in [0.3, 0.4) is 0 Å². The summed E-state index contributed by atoms with van der Waals surface area (Å²) in [5.74, 6) is -0.252. The highest BCUT2D eigenvalue weighted by molar-refractivity contribution is 7.89. The van der Waals surface area contributed by atoms with Crippen molar-refractivity contribution in [2.45, 2.75) is 43.5 Å². The molecule has 1 aliphatic heterocycles. The molecule has 30 heavy (non-hydrogen) atoms. The van der Waals surface area contributed by atoms with Crippen LogP contribution in [0.15, 0.2) is 53.4 Å². The van der Waals surface area contributed by atoms with Gasteiger partial charge in [-0.15, -0.1) is 0 Å². The molecule has 0 aliphatic carbocycles. The van der Waals surface area contributed by atoms with Crippen molar-refractivity contribution in [2.24, 2.45) is 0 Å². The summed E-state index contributed by atoms with van der Waals surface area (Å²) in [5.41, 5.74) is 1.38. The summed E-state index contributed by atoms with van der Waals surface area (Å²) in [6, 6.07) is 13.8. The molecule has 1 fully saturated rings. The van der Waals surface area contributed by atoms with Crippen molar-refractivity contribution in [3.05, 3.63) is 59.1 Å². The number of hydrogen-bond acceptors (Lipinski definition) is 4. The number of nitrogens with zero attached hydrogens (tertiary/aromatic N) is 1. The molecular formula is C22H28ClN3O3S. The molecule has 0 radical (unpaired) electrons. The molecule has 0 aromatic heterocycles. The molecule has 1 aliphatic rings. The zero-order valence-electron chi connectivity index (χ0n) is 17.1. The molecule has 2 aromatic rings. The number of carbonyl (C=O) groups is 1. The predicted molar refractivity (Wildman–Crippen MR) is 120 cm³/mol. The van der Waals surface area contributed by atoms with Gasteiger partial charge in [0.2, 0.25) is 15.9 Å². The third-order valence-electron chi connectivity index (χ3n) is 5.26. The lowest BCUT2D eigenvalue weighted by molar-refractivity contribution is -0.115. The predicted octanol–water partition coefficient (Wildman–Crippen LogP) is 4.19. The molecule has 0 unspecified atom stereocenters. The first kappa shape index (κ1) is 22.7. The van der Waals surface area contributed by atoms with Gasteiger partial charge in [-0.2, -0.15) is 4.31 Å². The van der Waals surface area contributed by atoms with E-state index in [1.807, 2.05) is 31.2 Å². The number of rotatable bonds is 7. The van der Waals surface area contributed by atoms with E-state index in [0.717, 1.165) is 31.2 Å². The number of sulfonamides is 1. The van der Waals surface area contributed by atoms with Crippen LogP contribution in [0.25, 0.3) is 0 Å². The van der Waals surface area contributed by atoms with Gasteiger partial charge in [-0.3, -0.25) is 4.79 Å². The van der Waals surface area contributed by atoms with E-state index in [4.69, 9.17) is 11.6 Å². The number of amides is 1. The quantitative estimate of drug-likeness (QED) is 0.664. The van der Waals surface area contributed by atoms with Crippen LogP contribution in [0.2, 0.25) is 5.02 Å². The lowest BCUT2D eigenvalue weighted by Gasteiger charge is -2.20. The maximum atomic E-state index is 13.0. The van der Waals surface area contributed by atoms with Gasteiger partial charge < -0.3 is 10.6 Å². The Morgan fingerprint density at radius 1 is 1.07 bits per heavy atom. The van der Waals surface area contributed by atoms with Crippen LogP contribution in [0, 0.1) is 0 Å². The number of anilines is 1. The highest BCUT2D eigenvalue weighted by atomic mass is 35.5. The van der Waals surface area contributed by atoms with Crippen molar-refractivity contribution in [2.75, 3.05) is 25.0 Å². The fraction of sp³-hybridized carbons (Fsp3) is 0.409. The average Bonchev–Trinajstić information content (AvgIpc) is 3.03. The van der Waals surface area contributed by atoms with Gasteiger partial charge in [0.1, 0.15) is 0 Å². The van der Waals surface area contributed by atoms with Crippen LogP contribution in [-0.2, 0) is 14.8 Å². The largest absolute Gasteiger partial charge is 0.325 e. The number of hydrogen-bond donors (Lipinski definition) is 2. The summed E-state index contributed by atoms with van der Waals surface area (Å²) in [4.78, 5) is 12.6. The van der Waals surface area contributed by atoms with Crippen molar-refractivity contribution in [3.8, 4) is 0 Å². The van der Waals surface area contributed by atoms with Crippen LogP contribution in [-0.4, -0.2) is 38.3 Å². The topological polar surface area (TPSA) is 78.5 Å². The van der Waals surface area contributed by atoms with Crippen LogP contribution in [0.4, 0.5) is 5.69 Å². The minimum absolute atomic E-state index is 0.0789. The molecule has 1 saturated heterocycles. The van der Waals surface area contributed by atoms with Crippen molar-refractivity contribution in [1.82, 2.24) is 9.62 Å². The van der Waals surface area contributed by atoms with Crippen molar-refractivity contribution < 1.29 is 13.2 Å². The van der Waals surface area contributed by atoms with Crippen molar-refractivity contribution in [1.29, 1.82) is 0 Å². The van der Waals surface area contributed by atoms with Crippen LogP contribution < -0.4 is 10.6 Å². The van der Waals surface area contributed by atoms with Gasteiger partial charge in [-0.25, -0.2) is 8.42 Å². The Bertz CT molecular complexity index is 973. The first-order valence-electron chi connectivity index (χ1n) is 10.3. The summed E-state index contributed by atoms with van der Waals surface area (Å²) >= 11 is 6.20. The highest BCUT2D eigenvalue weighted by Gasteiger charge is 2.25. The summed E-state index contributed by atoms with van der Waals surface area (Å²) in [7, 11) is -3.56. The molecule has 0 bridgehead atoms. The van der Waals surface area contributed by atoms with Gasteiger partial charge in [0.25, 0.3) is 0 Å². The van der Waals surface area contributed by atoms with E-state index >= 15 is 0 Å². The van der Waals surface area contributed by atoms with Crippen molar-refractivity contribution in [3.63, 3.8) is 0 Å². The zero-order valence-corrected chi connectivity index (χ0v) is 18.7. The molecule has 3 rings (SSSR count). The molecule has 0 saturated carbocycles. The summed E-state index contributed by atoms with van der Waals surface area (Å²) < 4.78 is 27.5. The molecule has 1 amide bonds. The molecule has 6 nitrogen and oxygen atoms in total. The van der Waals surface area contributed by atoms with E-state index in [1.54, 1.807) is 22.5 Å². The van der Waals surface area contributed by atoms with Gasteiger partial charge in [0, 0.05) is 29.8 Å². The first-order chi connectivity index (χ1) is 14.4. The SMILES string of the molecule is C[C@@H](NCC(=O)Nc1cccc(S(=O)(=O)N2CCCCCC2)c1)c1ccccc1Cl. The lowest BCUT2D eigenvalue weighted by Crippen LogP contribution is -2.32. The fourth-order valence-electron chi connectivity index (χ4n) is 3.55. The van der Waals surface area contributed by atoms with Crippen molar-refractivity contribution >= 4 is 33.2 Å². The van der Waals surface area contributed by atoms with Crippen LogP contribution in [0.1, 0.15) is 44.2 Å². The Balaban J connectivity index is 1.62. The van der Waals surface area contributed by atoms with E-state index in [0.29, 0.717) is 23.8 Å². The fourth-order valence-corrected chi connectivity index (χ4v) is 5.42. The van der Waals surface area contributed by atoms with E-state index in [1.165, 1.54) is 6.07 Å². The molecule has 0 spiro atoms. The number of nitrogens with one attached hydrogen (secondary N) is 2. The average molecular weight is 450 g/mol. The van der Waals surface area contributed by atoms with Gasteiger partial charge >= 0.3 is 0 Å². The Morgan fingerprint density at radius 2 is 1.77 bits per heavy atom. The molecular weight excluding hydrogens is 422 g/mol.